The first-order chi connectivity index (χ1) is 10.3. The highest BCUT2D eigenvalue weighted by molar-refractivity contribution is 7.17. The number of thiophene rings is 1. The van der Waals surface area contributed by atoms with Gasteiger partial charge in [0.2, 0.25) is 0 Å². The summed E-state index contributed by atoms with van der Waals surface area (Å²) < 4.78 is 2.52. The summed E-state index contributed by atoms with van der Waals surface area (Å²) in [5.41, 5.74) is 2.05. The Morgan fingerprint density at radius 3 is 2.86 bits per heavy atom. The SMILES string of the molecule is Cc1csc2c(=O)n(CCNC3CCCCCC3)cnc12. The molecule has 0 bridgehead atoms. The van der Waals surface area contributed by atoms with Gasteiger partial charge in [0, 0.05) is 19.1 Å². The summed E-state index contributed by atoms with van der Waals surface area (Å²) in [7, 11) is 0. The quantitative estimate of drug-likeness (QED) is 0.883. The van der Waals surface area contributed by atoms with E-state index in [1.54, 1.807) is 10.9 Å². The Bertz CT molecular complexity index is 653. The molecule has 1 N–H and O–H groups in total. The van der Waals surface area contributed by atoms with Crippen LogP contribution in [0.1, 0.15) is 44.1 Å². The van der Waals surface area contributed by atoms with Gasteiger partial charge in [-0.3, -0.25) is 9.36 Å². The van der Waals surface area contributed by atoms with E-state index in [1.807, 2.05) is 12.3 Å². The predicted octanol–water partition coefficient (Wildman–Crippen LogP) is 3.08. The van der Waals surface area contributed by atoms with E-state index in [1.165, 1.54) is 49.9 Å². The maximum absolute atomic E-state index is 12.4. The highest BCUT2D eigenvalue weighted by Gasteiger charge is 2.12. The second-order valence-electron chi connectivity index (χ2n) is 5.98. The van der Waals surface area contributed by atoms with Crippen molar-refractivity contribution in [1.29, 1.82) is 0 Å². The molecule has 114 valence electrons. The molecule has 0 amide bonds. The number of rotatable bonds is 4. The molecular formula is C16H23N3OS. The fourth-order valence-corrected chi connectivity index (χ4v) is 4.04. The average Bonchev–Trinajstić information content (AvgIpc) is 2.71. The molecule has 2 heterocycles. The third-order valence-electron chi connectivity index (χ3n) is 4.36. The lowest BCUT2D eigenvalue weighted by Crippen LogP contribution is -2.33. The molecule has 1 saturated carbocycles. The van der Waals surface area contributed by atoms with E-state index in [9.17, 15) is 4.79 Å². The van der Waals surface area contributed by atoms with E-state index in [4.69, 9.17) is 0 Å². The van der Waals surface area contributed by atoms with E-state index >= 15 is 0 Å². The molecule has 3 rings (SSSR count). The van der Waals surface area contributed by atoms with Crippen LogP contribution >= 0.6 is 11.3 Å². The molecule has 0 atom stereocenters. The van der Waals surface area contributed by atoms with E-state index in [0.717, 1.165) is 22.3 Å². The van der Waals surface area contributed by atoms with Crippen LogP contribution in [0.3, 0.4) is 0 Å². The maximum atomic E-state index is 12.4. The van der Waals surface area contributed by atoms with Crippen LogP contribution in [0.25, 0.3) is 10.2 Å². The van der Waals surface area contributed by atoms with Crippen LogP contribution in [-0.2, 0) is 6.54 Å². The minimum Gasteiger partial charge on any atom is -0.312 e. The number of fused-ring (bicyclic) bond motifs is 1. The second kappa shape index (κ2) is 6.71. The van der Waals surface area contributed by atoms with E-state index in [2.05, 4.69) is 10.3 Å². The van der Waals surface area contributed by atoms with Crippen molar-refractivity contribution in [1.82, 2.24) is 14.9 Å². The van der Waals surface area contributed by atoms with Crippen molar-refractivity contribution in [3.8, 4) is 0 Å². The van der Waals surface area contributed by atoms with Crippen LogP contribution in [0.15, 0.2) is 16.5 Å². The molecular weight excluding hydrogens is 282 g/mol. The summed E-state index contributed by atoms with van der Waals surface area (Å²) in [6.07, 6.45) is 9.65. The number of nitrogens with zero attached hydrogens (tertiary/aromatic N) is 2. The maximum Gasteiger partial charge on any atom is 0.271 e. The first-order valence-corrected chi connectivity index (χ1v) is 8.80. The van der Waals surface area contributed by atoms with Crippen molar-refractivity contribution in [3.05, 3.63) is 27.6 Å². The fraction of sp³-hybridized carbons (Fsp3) is 0.625. The van der Waals surface area contributed by atoms with Crippen LogP contribution in [0.4, 0.5) is 0 Å². The Morgan fingerprint density at radius 1 is 1.33 bits per heavy atom. The Kier molecular flexibility index (Phi) is 4.70. The van der Waals surface area contributed by atoms with Crippen LogP contribution < -0.4 is 10.9 Å². The lowest BCUT2D eigenvalue weighted by Gasteiger charge is -2.16. The Morgan fingerprint density at radius 2 is 2.10 bits per heavy atom. The third kappa shape index (κ3) is 3.35. The van der Waals surface area contributed by atoms with Gasteiger partial charge in [0.25, 0.3) is 5.56 Å². The predicted molar refractivity (Wildman–Crippen MR) is 88.1 cm³/mol. The Balaban J connectivity index is 1.62. The number of hydrogen-bond donors (Lipinski definition) is 1. The minimum atomic E-state index is 0.0979. The lowest BCUT2D eigenvalue weighted by atomic mass is 10.1. The first kappa shape index (κ1) is 14.7. The standard InChI is InChI=1S/C16H23N3OS/c1-12-10-21-15-14(12)18-11-19(16(15)20)9-8-17-13-6-4-2-3-5-7-13/h10-11,13,17H,2-9H2,1H3. The van der Waals surface area contributed by atoms with Gasteiger partial charge in [0.15, 0.2) is 0 Å². The van der Waals surface area contributed by atoms with Crippen LogP contribution in [0, 0.1) is 6.92 Å². The molecule has 2 aromatic rings. The summed E-state index contributed by atoms with van der Waals surface area (Å²) in [5, 5.41) is 5.61. The summed E-state index contributed by atoms with van der Waals surface area (Å²) in [6, 6.07) is 0.629. The molecule has 0 aliphatic heterocycles. The normalized spacial score (nSPS) is 17.2. The van der Waals surface area contributed by atoms with Crippen molar-refractivity contribution in [2.24, 2.45) is 0 Å². The van der Waals surface area contributed by atoms with Crippen LogP contribution in [-0.4, -0.2) is 22.1 Å². The van der Waals surface area contributed by atoms with Gasteiger partial charge in [0.05, 0.1) is 11.8 Å². The number of aromatic nitrogens is 2. The van der Waals surface area contributed by atoms with Gasteiger partial charge in [-0.2, -0.15) is 0 Å². The summed E-state index contributed by atoms with van der Waals surface area (Å²) >= 11 is 1.50. The zero-order chi connectivity index (χ0) is 14.7. The van der Waals surface area contributed by atoms with Gasteiger partial charge >= 0.3 is 0 Å². The lowest BCUT2D eigenvalue weighted by molar-refractivity contribution is 0.442. The zero-order valence-electron chi connectivity index (χ0n) is 12.6. The van der Waals surface area contributed by atoms with Crippen molar-refractivity contribution in [2.45, 2.75) is 58.0 Å². The molecule has 0 saturated heterocycles. The molecule has 0 aromatic carbocycles. The van der Waals surface area contributed by atoms with E-state index in [-0.39, 0.29) is 5.56 Å². The van der Waals surface area contributed by atoms with Crippen molar-refractivity contribution in [3.63, 3.8) is 0 Å². The van der Waals surface area contributed by atoms with Gasteiger partial charge in [-0.1, -0.05) is 25.7 Å². The Labute approximate surface area is 129 Å². The minimum absolute atomic E-state index is 0.0979. The molecule has 21 heavy (non-hydrogen) atoms. The van der Waals surface area contributed by atoms with Crippen LogP contribution in [0.2, 0.25) is 0 Å². The van der Waals surface area contributed by atoms with Gasteiger partial charge in [-0.15, -0.1) is 11.3 Å². The molecule has 1 aliphatic rings. The van der Waals surface area contributed by atoms with Gasteiger partial charge < -0.3 is 5.32 Å². The molecule has 0 unspecified atom stereocenters. The van der Waals surface area contributed by atoms with Crippen molar-refractivity contribution in [2.75, 3.05) is 6.54 Å². The second-order valence-corrected chi connectivity index (χ2v) is 6.86. The Hall–Kier alpha value is -1.20. The van der Waals surface area contributed by atoms with E-state index in [0.29, 0.717) is 12.6 Å². The summed E-state index contributed by atoms with van der Waals surface area (Å²) in [4.78, 5) is 16.8. The molecule has 1 fully saturated rings. The topological polar surface area (TPSA) is 46.9 Å². The van der Waals surface area contributed by atoms with Gasteiger partial charge in [0.1, 0.15) is 4.70 Å². The molecule has 5 heteroatoms. The molecule has 4 nitrogen and oxygen atoms in total. The van der Waals surface area contributed by atoms with Gasteiger partial charge in [-0.05, 0) is 30.7 Å². The third-order valence-corrected chi connectivity index (χ3v) is 5.44. The summed E-state index contributed by atoms with van der Waals surface area (Å²) in [5.74, 6) is 0. The molecule has 2 aromatic heterocycles. The average molecular weight is 305 g/mol. The zero-order valence-corrected chi connectivity index (χ0v) is 13.4. The largest absolute Gasteiger partial charge is 0.312 e. The number of aryl methyl sites for hydroxylation is 1. The van der Waals surface area contributed by atoms with Crippen molar-refractivity contribution < 1.29 is 0 Å². The fourth-order valence-electron chi connectivity index (χ4n) is 3.09. The molecule has 1 aliphatic carbocycles. The van der Waals surface area contributed by atoms with Gasteiger partial charge in [-0.25, -0.2) is 4.98 Å². The smallest absolute Gasteiger partial charge is 0.271 e. The number of hydrogen-bond acceptors (Lipinski definition) is 4. The monoisotopic (exact) mass is 305 g/mol. The molecule has 0 radical (unpaired) electrons. The van der Waals surface area contributed by atoms with E-state index < -0.39 is 0 Å². The molecule has 0 spiro atoms. The summed E-state index contributed by atoms with van der Waals surface area (Å²) in [6.45, 7) is 3.56. The highest BCUT2D eigenvalue weighted by Crippen LogP contribution is 2.19. The first-order valence-electron chi connectivity index (χ1n) is 7.92. The van der Waals surface area contributed by atoms with Crippen molar-refractivity contribution >= 4 is 21.6 Å². The highest BCUT2D eigenvalue weighted by atomic mass is 32.1. The number of nitrogens with one attached hydrogen (secondary N) is 1. The van der Waals surface area contributed by atoms with Crippen LogP contribution in [0.5, 0.6) is 0 Å².